The predicted octanol–water partition coefficient (Wildman–Crippen LogP) is 3.23. The van der Waals surface area contributed by atoms with E-state index in [1.165, 1.54) is 0 Å². The number of aromatic nitrogens is 2. The van der Waals surface area contributed by atoms with Crippen LogP contribution in [-0.2, 0) is 11.3 Å². The van der Waals surface area contributed by atoms with Gasteiger partial charge in [-0.2, -0.15) is 0 Å². The van der Waals surface area contributed by atoms with Crippen LogP contribution in [0.25, 0.3) is 11.3 Å². The zero-order valence-corrected chi connectivity index (χ0v) is 13.9. The van der Waals surface area contributed by atoms with Gasteiger partial charge in [0.05, 0.1) is 5.69 Å². The van der Waals surface area contributed by atoms with E-state index < -0.39 is 6.10 Å². The second-order valence-electron chi connectivity index (χ2n) is 5.54. The first-order chi connectivity index (χ1) is 12.2. The summed E-state index contributed by atoms with van der Waals surface area (Å²) in [6.07, 6.45) is 4.63. The van der Waals surface area contributed by atoms with Gasteiger partial charge >= 0.3 is 0 Å². The number of amides is 1. The Labute approximate surface area is 146 Å². The van der Waals surface area contributed by atoms with Gasteiger partial charge < -0.3 is 10.1 Å². The van der Waals surface area contributed by atoms with Crippen LogP contribution in [0.2, 0.25) is 0 Å². The highest BCUT2D eigenvalue weighted by Crippen LogP contribution is 2.19. The standard InChI is InChI=1S/C20H19N3O2/c1-15(25-18-9-3-2-4-10-18)20(24)23-14-17-8-6-12-22-19(17)16-7-5-11-21-13-16/h2-13,15H,14H2,1H3,(H,23,24). The molecular formula is C20H19N3O2. The first-order valence-electron chi connectivity index (χ1n) is 8.08. The third kappa shape index (κ3) is 4.41. The van der Waals surface area contributed by atoms with Gasteiger partial charge in [-0.1, -0.05) is 24.3 Å². The van der Waals surface area contributed by atoms with E-state index in [9.17, 15) is 4.79 Å². The monoisotopic (exact) mass is 333 g/mol. The molecule has 1 aromatic carbocycles. The zero-order valence-electron chi connectivity index (χ0n) is 13.9. The Hall–Kier alpha value is -3.21. The largest absolute Gasteiger partial charge is 0.481 e. The summed E-state index contributed by atoms with van der Waals surface area (Å²) in [7, 11) is 0. The maximum absolute atomic E-state index is 12.3. The molecule has 0 fully saturated rings. The molecular weight excluding hydrogens is 314 g/mol. The van der Waals surface area contributed by atoms with E-state index in [4.69, 9.17) is 4.74 Å². The van der Waals surface area contributed by atoms with Crippen molar-refractivity contribution in [2.45, 2.75) is 19.6 Å². The molecule has 1 unspecified atom stereocenters. The molecule has 2 aromatic heterocycles. The maximum atomic E-state index is 12.3. The number of carbonyl (C=O) groups is 1. The van der Waals surface area contributed by atoms with E-state index in [0.29, 0.717) is 12.3 Å². The molecule has 1 amide bonds. The van der Waals surface area contributed by atoms with Gasteiger partial charge in [0, 0.05) is 30.7 Å². The summed E-state index contributed by atoms with van der Waals surface area (Å²) >= 11 is 0. The fourth-order valence-corrected chi connectivity index (χ4v) is 2.43. The lowest BCUT2D eigenvalue weighted by atomic mass is 10.1. The number of pyridine rings is 2. The van der Waals surface area contributed by atoms with E-state index in [-0.39, 0.29) is 5.91 Å². The van der Waals surface area contributed by atoms with Gasteiger partial charge in [0.15, 0.2) is 6.10 Å². The molecule has 0 bridgehead atoms. The van der Waals surface area contributed by atoms with E-state index in [1.54, 1.807) is 25.5 Å². The highest BCUT2D eigenvalue weighted by molar-refractivity contribution is 5.81. The Morgan fingerprint density at radius 2 is 1.88 bits per heavy atom. The van der Waals surface area contributed by atoms with Crippen molar-refractivity contribution >= 4 is 5.91 Å². The Kier molecular flexibility index (Phi) is 5.36. The second-order valence-corrected chi connectivity index (χ2v) is 5.54. The minimum absolute atomic E-state index is 0.176. The lowest BCUT2D eigenvalue weighted by Gasteiger charge is -2.15. The number of nitrogens with zero attached hydrogens (tertiary/aromatic N) is 2. The van der Waals surface area contributed by atoms with Crippen LogP contribution in [-0.4, -0.2) is 22.0 Å². The van der Waals surface area contributed by atoms with Gasteiger partial charge in [-0.25, -0.2) is 0 Å². The van der Waals surface area contributed by atoms with Crippen molar-refractivity contribution in [3.63, 3.8) is 0 Å². The van der Waals surface area contributed by atoms with Gasteiger partial charge in [0.2, 0.25) is 0 Å². The first kappa shape index (κ1) is 16.6. The number of carbonyl (C=O) groups excluding carboxylic acids is 1. The molecule has 3 aromatic rings. The summed E-state index contributed by atoms with van der Waals surface area (Å²) in [6, 6.07) is 16.9. The number of nitrogens with one attached hydrogen (secondary N) is 1. The van der Waals surface area contributed by atoms with E-state index in [0.717, 1.165) is 16.8 Å². The fraction of sp³-hybridized carbons (Fsp3) is 0.150. The molecule has 0 aliphatic heterocycles. The molecule has 126 valence electrons. The number of ether oxygens (including phenoxy) is 1. The highest BCUT2D eigenvalue weighted by Gasteiger charge is 2.15. The normalized spacial score (nSPS) is 11.6. The second kappa shape index (κ2) is 8.06. The molecule has 0 saturated heterocycles. The minimum atomic E-state index is -0.582. The van der Waals surface area contributed by atoms with Gasteiger partial charge in [-0.15, -0.1) is 0 Å². The van der Waals surface area contributed by atoms with Crippen LogP contribution < -0.4 is 10.1 Å². The summed E-state index contributed by atoms with van der Waals surface area (Å²) in [5, 5.41) is 2.90. The van der Waals surface area contributed by atoms with Crippen molar-refractivity contribution in [1.82, 2.24) is 15.3 Å². The van der Waals surface area contributed by atoms with E-state index in [2.05, 4.69) is 15.3 Å². The fourth-order valence-electron chi connectivity index (χ4n) is 2.43. The summed E-state index contributed by atoms with van der Waals surface area (Å²) < 4.78 is 5.64. The molecule has 0 radical (unpaired) electrons. The zero-order chi connectivity index (χ0) is 17.5. The van der Waals surface area contributed by atoms with Crippen molar-refractivity contribution < 1.29 is 9.53 Å². The van der Waals surface area contributed by atoms with Gasteiger partial charge in [-0.3, -0.25) is 14.8 Å². The van der Waals surface area contributed by atoms with Crippen LogP contribution in [0.1, 0.15) is 12.5 Å². The summed E-state index contributed by atoms with van der Waals surface area (Å²) in [4.78, 5) is 20.8. The molecule has 1 N–H and O–H groups in total. The molecule has 0 aliphatic rings. The average Bonchev–Trinajstić information content (AvgIpc) is 2.68. The van der Waals surface area contributed by atoms with Gasteiger partial charge in [0.1, 0.15) is 5.75 Å². The molecule has 5 heteroatoms. The Morgan fingerprint density at radius 1 is 1.08 bits per heavy atom. The summed E-state index contributed by atoms with van der Waals surface area (Å²) in [5.41, 5.74) is 2.66. The topological polar surface area (TPSA) is 64.1 Å². The van der Waals surface area contributed by atoms with Crippen LogP contribution in [0.15, 0.2) is 73.2 Å². The molecule has 3 rings (SSSR count). The van der Waals surface area contributed by atoms with Gasteiger partial charge in [-0.05, 0) is 42.8 Å². The summed E-state index contributed by atoms with van der Waals surface area (Å²) in [6.45, 7) is 2.10. The van der Waals surface area contributed by atoms with Gasteiger partial charge in [0.25, 0.3) is 5.91 Å². The number of rotatable bonds is 6. The number of hydrogen-bond acceptors (Lipinski definition) is 4. The Bertz CT molecular complexity index is 823. The maximum Gasteiger partial charge on any atom is 0.261 e. The Morgan fingerprint density at radius 3 is 2.64 bits per heavy atom. The number of para-hydroxylation sites is 1. The van der Waals surface area contributed by atoms with E-state index in [1.807, 2.05) is 54.6 Å². The van der Waals surface area contributed by atoms with Crippen molar-refractivity contribution in [3.8, 4) is 17.0 Å². The number of benzene rings is 1. The smallest absolute Gasteiger partial charge is 0.261 e. The van der Waals surface area contributed by atoms with Crippen LogP contribution >= 0.6 is 0 Å². The van der Waals surface area contributed by atoms with Crippen molar-refractivity contribution in [2.75, 3.05) is 0 Å². The van der Waals surface area contributed by atoms with Crippen molar-refractivity contribution in [3.05, 3.63) is 78.8 Å². The quantitative estimate of drug-likeness (QED) is 0.752. The van der Waals surface area contributed by atoms with Crippen molar-refractivity contribution in [1.29, 1.82) is 0 Å². The molecule has 25 heavy (non-hydrogen) atoms. The lowest BCUT2D eigenvalue weighted by molar-refractivity contribution is -0.127. The van der Waals surface area contributed by atoms with Crippen LogP contribution in [0, 0.1) is 0 Å². The molecule has 0 spiro atoms. The molecule has 5 nitrogen and oxygen atoms in total. The molecule has 0 aliphatic carbocycles. The van der Waals surface area contributed by atoms with Crippen LogP contribution in [0.3, 0.4) is 0 Å². The first-order valence-corrected chi connectivity index (χ1v) is 8.08. The predicted molar refractivity (Wildman–Crippen MR) is 95.8 cm³/mol. The SMILES string of the molecule is CC(Oc1ccccc1)C(=O)NCc1cccnc1-c1cccnc1. The average molecular weight is 333 g/mol. The molecule has 0 saturated carbocycles. The lowest BCUT2D eigenvalue weighted by Crippen LogP contribution is -2.36. The molecule has 1 atom stereocenters. The van der Waals surface area contributed by atoms with E-state index >= 15 is 0 Å². The summed E-state index contributed by atoms with van der Waals surface area (Å²) in [5.74, 6) is 0.493. The van der Waals surface area contributed by atoms with Crippen LogP contribution in [0.5, 0.6) is 5.75 Å². The number of hydrogen-bond donors (Lipinski definition) is 1. The van der Waals surface area contributed by atoms with Crippen LogP contribution in [0.4, 0.5) is 0 Å². The Balaban J connectivity index is 1.65. The third-order valence-corrected chi connectivity index (χ3v) is 3.70. The van der Waals surface area contributed by atoms with Crippen molar-refractivity contribution in [2.24, 2.45) is 0 Å². The highest BCUT2D eigenvalue weighted by atomic mass is 16.5. The third-order valence-electron chi connectivity index (χ3n) is 3.70. The molecule has 2 heterocycles. The minimum Gasteiger partial charge on any atom is -0.481 e.